The monoisotopic (exact) mass is 428 g/mol. The molecule has 27 heavy (non-hydrogen) atoms. The van der Waals surface area contributed by atoms with Crippen LogP contribution in [0.5, 0.6) is 0 Å². The van der Waals surface area contributed by atoms with Crippen molar-refractivity contribution in [2.75, 3.05) is 21.3 Å². The van der Waals surface area contributed by atoms with Crippen molar-refractivity contribution >= 4 is 43.0 Å². The third-order valence-corrected chi connectivity index (χ3v) is 8.40. The number of sulfonamides is 2. The van der Waals surface area contributed by atoms with Crippen molar-refractivity contribution in [2.24, 2.45) is 0 Å². The molecule has 2 aromatic rings. The Morgan fingerprint density at radius 2 is 1.85 bits per heavy atom. The van der Waals surface area contributed by atoms with E-state index in [2.05, 4.69) is 4.72 Å². The van der Waals surface area contributed by atoms with Gasteiger partial charge in [0.2, 0.25) is 10.0 Å². The molecule has 1 heterocycles. The maximum Gasteiger partial charge on any atom is 0.262 e. The second-order valence-electron chi connectivity index (χ2n) is 6.56. The van der Waals surface area contributed by atoms with Crippen LogP contribution >= 0.6 is 11.6 Å². The fraction of sp³-hybridized carbons (Fsp3) is 0.333. The molecule has 0 amide bonds. The molecular weight excluding hydrogens is 408 g/mol. The van der Waals surface area contributed by atoms with E-state index in [-0.39, 0.29) is 10.6 Å². The molecule has 0 atom stereocenters. The number of hydrogen-bond acceptors (Lipinski definition) is 4. The van der Waals surface area contributed by atoms with Gasteiger partial charge in [-0.2, -0.15) is 0 Å². The van der Waals surface area contributed by atoms with Crippen LogP contribution in [0.1, 0.15) is 24.0 Å². The number of halogens is 1. The summed E-state index contributed by atoms with van der Waals surface area (Å²) in [4.78, 5) is 0.0418. The van der Waals surface area contributed by atoms with Crippen molar-refractivity contribution in [2.45, 2.75) is 31.6 Å². The van der Waals surface area contributed by atoms with E-state index in [1.807, 2.05) is 0 Å². The SMILES string of the molecule is Cc1ccc(N2CCCCS2(=O)=O)cc1S(=O)(=O)Nc1cccc(Cl)c1C. The number of nitrogens with zero attached hydrogens (tertiary/aromatic N) is 1. The van der Waals surface area contributed by atoms with Crippen LogP contribution in [0.15, 0.2) is 41.3 Å². The summed E-state index contributed by atoms with van der Waals surface area (Å²) in [5, 5.41) is 0.458. The third kappa shape index (κ3) is 4.07. The molecule has 1 aliphatic rings. The topological polar surface area (TPSA) is 83.6 Å². The molecule has 0 aliphatic carbocycles. The predicted molar refractivity (Wildman–Crippen MR) is 109 cm³/mol. The van der Waals surface area contributed by atoms with Gasteiger partial charge in [-0.25, -0.2) is 16.8 Å². The molecule has 1 fully saturated rings. The molecule has 0 unspecified atom stereocenters. The van der Waals surface area contributed by atoms with Gasteiger partial charge in [0, 0.05) is 11.6 Å². The fourth-order valence-electron chi connectivity index (χ4n) is 3.03. The quantitative estimate of drug-likeness (QED) is 0.804. The minimum absolute atomic E-state index is 0.0418. The molecule has 6 nitrogen and oxygen atoms in total. The van der Waals surface area contributed by atoms with E-state index in [1.165, 1.54) is 10.4 Å². The van der Waals surface area contributed by atoms with Gasteiger partial charge in [-0.15, -0.1) is 0 Å². The molecule has 3 rings (SSSR count). The van der Waals surface area contributed by atoms with Crippen LogP contribution in [0.4, 0.5) is 11.4 Å². The maximum atomic E-state index is 13.0. The highest BCUT2D eigenvalue weighted by atomic mass is 35.5. The van der Waals surface area contributed by atoms with E-state index in [0.29, 0.717) is 40.5 Å². The summed E-state index contributed by atoms with van der Waals surface area (Å²) in [6, 6.07) is 9.66. The van der Waals surface area contributed by atoms with Gasteiger partial charge in [0.05, 0.1) is 22.0 Å². The Hall–Kier alpha value is -1.77. The Kier molecular flexibility index (Phi) is 5.42. The van der Waals surface area contributed by atoms with Crippen LogP contribution in [0.25, 0.3) is 0 Å². The maximum absolute atomic E-state index is 13.0. The Morgan fingerprint density at radius 3 is 2.56 bits per heavy atom. The zero-order chi connectivity index (χ0) is 19.8. The number of aryl methyl sites for hydroxylation is 1. The molecule has 2 aromatic carbocycles. The van der Waals surface area contributed by atoms with Crippen LogP contribution in [0.2, 0.25) is 5.02 Å². The number of anilines is 2. The number of rotatable bonds is 4. The zero-order valence-electron chi connectivity index (χ0n) is 15.1. The summed E-state index contributed by atoms with van der Waals surface area (Å²) in [5.41, 5.74) is 1.90. The van der Waals surface area contributed by atoms with Crippen molar-refractivity contribution < 1.29 is 16.8 Å². The second kappa shape index (κ2) is 7.33. The van der Waals surface area contributed by atoms with E-state index < -0.39 is 20.0 Å². The van der Waals surface area contributed by atoms with E-state index in [9.17, 15) is 16.8 Å². The lowest BCUT2D eigenvalue weighted by molar-refractivity contribution is 0.574. The van der Waals surface area contributed by atoms with E-state index in [0.717, 1.165) is 6.42 Å². The van der Waals surface area contributed by atoms with E-state index >= 15 is 0 Å². The van der Waals surface area contributed by atoms with Gasteiger partial charge in [-0.1, -0.05) is 23.7 Å². The van der Waals surface area contributed by atoms with Gasteiger partial charge in [0.1, 0.15) is 0 Å². The summed E-state index contributed by atoms with van der Waals surface area (Å²) < 4.78 is 54.5. The van der Waals surface area contributed by atoms with Crippen LogP contribution < -0.4 is 9.03 Å². The standard InChI is InChI=1S/C18H21ClN2O4S2/c1-13-8-9-15(21-10-3-4-11-26(21,22)23)12-18(13)27(24,25)20-17-7-5-6-16(19)14(17)2/h5-9,12,20H,3-4,10-11H2,1-2H3. The largest absolute Gasteiger partial charge is 0.279 e. The molecule has 0 spiro atoms. The molecule has 1 N–H and O–H groups in total. The first-order valence-electron chi connectivity index (χ1n) is 8.51. The Bertz CT molecular complexity index is 1080. The summed E-state index contributed by atoms with van der Waals surface area (Å²) in [6.07, 6.45) is 1.36. The Morgan fingerprint density at radius 1 is 1.11 bits per heavy atom. The van der Waals surface area contributed by atoms with Crippen LogP contribution in [0, 0.1) is 13.8 Å². The van der Waals surface area contributed by atoms with Crippen LogP contribution in [0.3, 0.4) is 0 Å². The summed E-state index contributed by atoms with van der Waals surface area (Å²) in [7, 11) is -7.33. The van der Waals surface area contributed by atoms with Crippen molar-refractivity contribution in [3.63, 3.8) is 0 Å². The van der Waals surface area contributed by atoms with Crippen LogP contribution in [-0.4, -0.2) is 29.1 Å². The Balaban J connectivity index is 2.02. The number of nitrogens with one attached hydrogen (secondary N) is 1. The van der Waals surface area contributed by atoms with Crippen LogP contribution in [-0.2, 0) is 20.0 Å². The fourth-order valence-corrected chi connectivity index (χ4v) is 6.22. The van der Waals surface area contributed by atoms with E-state index in [1.54, 1.807) is 44.2 Å². The third-order valence-electron chi connectivity index (χ3n) is 4.61. The number of hydrogen-bond donors (Lipinski definition) is 1. The first kappa shape index (κ1) is 20.0. The average Bonchev–Trinajstić information content (AvgIpc) is 2.59. The van der Waals surface area contributed by atoms with Gasteiger partial charge in [-0.3, -0.25) is 9.03 Å². The lowest BCUT2D eigenvalue weighted by Gasteiger charge is -2.28. The van der Waals surface area contributed by atoms with Gasteiger partial charge in [0.25, 0.3) is 10.0 Å². The molecular formula is C18H21ClN2O4S2. The molecule has 0 aromatic heterocycles. The first-order chi connectivity index (χ1) is 12.6. The second-order valence-corrected chi connectivity index (χ2v) is 10.6. The summed E-state index contributed by atoms with van der Waals surface area (Å²) >= 11 is 6.07. The van der Waals surface area contributed by atoms with Gasteiger partial charge in [-0.05, 0) is 62.1 Å². The lowest BCUT2D eigenvalue weighted by Crippen LogP contribution is -2.38. The molecule has 146 valence electrons. The number of benzene rings is 2. The zero-order valence-corrected chi connectivity index (χ0v) is 17.5. The van der Waals surface area contributed by atoms with Gasteiger partial charge >= 0.3 is 0 Å². The minimum atomic E-state index is -3.91. The van der Waals surface area contributed by atoms with Crippen molar-refractivity contribution in [1.82, 2.24) is 0 Å². The van der Waals surface area contributed by atoms with E-state index in [4.69, 9.17) is 11.6 Å². The highest BCUT2D eigenvalue weighted by Gasteiger charge is 2.28. The smallest absolute Gasteiger partial charge is 0.262 e. The lowest BCUT2D eigenvalue weighted by atomic mass is 10.2. The van der Waals surface area contributed by atoms with Gasteiger partial charge < -0.3 is 0 Å². The van der Waals surface area contributed by atoms with Gasteiger partial charge in [0.15, 0.2) is 0 Å². The molecule has 1 aliphatic heterocycles. The first-order valence-corrected chi connectivity index (χ1v) is 12.0. The Labute approximate surface area is 165 Å². The van der Waals surface area contributed by atoms with Crippen molar-refractivity contribution in [1.29, 1.82) is 0 Å². The average molecular weight is 429 g/mol. The predicted octanol–water partition coefficient (Wildman–Crippen LogP) is 3.69. The molecule has 0 saturated carbocycles. The van der Waals surface area contributed by atoms with Crippen molar-refractivity contribution in [3.05, 3.63) is 52.5 Å². The molecule has 9 heteroatoms. The molecule has 0 bridgehead atoms. The minimum Gasteiger partial charge on any atom is -0.279 e. The normalized spacial score (nSPS) is 16.9. The summed E-state index contributed by atoms with van der Waals surface area (Å²) in [6.45, 7) is 3.75. The van der Waals surface area contributed by atoms with Crippen molar-refractivity contribution in [3.8, 4) is 0 Å². The summed E-state index contributed by atoms with van der Waals surface area (Å²) in [5.74, 6) is 0.0723. The molecule has 1 saturated heterocycles. The molecule has 0 radical (unpaired) electrons. The highest BCUT2D eigenvalue weighted by Crippen LogP contribution is 2.30. The highest BCUT2D eigenvalue weighted by molar-refractivity contribution is 7.93.